The SMILES string of the molecule is CC[N+](CCCS(=O)(=O)[O-])=c1ccc2c(/C=C/C=C3/N(CCCCCC(=O)O)c4ccc(S(=O)(=O)[O-])cc4C3(C)CCOCCOCCOCCOCCOC)ccoc-2c1. The molecule has 18 heteroatoms. The highest BCUT2D eigenvalue weighted by Gasteiger charge is 2.43. The van der Waals surface area contributed by atoms with Crippen LogP contribution in [0.4, 0.5) is 5.69 Å². The van der Waals surface area contributed by atoms with Gasteiger partial charge in [-0.3, -0.25) is 4.79 Å². The highest BCUT2D eigenvalue weighted by Crippen LogP contribution is 2.51. The molecule has 1 atom stereocenters. The van der Waals surface area contributed by atoms with Crippen LogP contribution in [-0.4, -0.2) is 129 Å². The zero-order chi connectivity index (χ0) is 44.3. The number of nitrogens with zero attached hydrogens (tertiary/aromatic N) is 2. The second kappa shape index (κ2) is 24.6. The number of carboxylic acids is 1. The van der Waals surface area contributed by atoms with Crippen molar-refractivity contribution in [3.8, 4) is 11.3 Å². The maximum absolute atomic E-state index is 12.3. The van der Waals surface area contributed by atoms with E-state index in [9.17, 15) is 35.8 Å². The molecule has 1 unspecified atom stereocenters. The summed E-state index contributed by atoms with van der Waals surface area (Å²) in [6.45, 7) is 9.15. The fourth-order valence-electron chi connectivity index (χ4n) is 7.20. The van der Waals surface area contributed by atoms with E-state index in [0.717, 1.165) is 27.9 Å². The van der Waals surface area contributed by atoms with Gasteiger partial charge < -0.3 is 47.2 Å². The summed E-state index contributed by atoms with van der Waals surface area (Å²) in [5, 5.41) is 9.99. The summed E-state index contributed by atoms with van der Waals surface area (Å²) in [5.74, 6) is -0.696. The molecule has 0 saturated heterocycles. The first-order valence-electron chi connectivity index (χ1n) is 20.5. The molecule has 1 aromatic carbocycles. The molecule has 3 aliphatic rings. The van der Waals surface area contributed by atoms with Gasteiger partial charge in [-0.15, -0.1) is 0 Å². The summed E-state index contributed by atoms with van der Waals surface area (Å²) in [5.41, 5.74) is 3.16. The van der Waals surface area contributed by atoms with Crippen molar-refractivity contribution in [3.63, 3.8) is 0 Å². The fraction of sp³-hybridized carbons (Fsp3) is 0.535. The highest BCUT2D eigenvalue weighted by molar-refractivity contribution is 7.86. The van der Waals surface area contributed by atoms with E-state index < -0.39 is 37.4 Å². The van der Waals surface area contributed by atoms with Crippen molar-refractivity contribution >= 4 is 38.0 Å². The van der Waals surface area contributed by atoms with Crippen LogP contribution in [0.3, 0.4) is 0 Å². The number of carboxylic acid groups (broad SMARTS) is 1. The van der Waals surface area contributed by atoms with Crippen LogP contribution in [0, 0.1) is 0 Å². The van der Waals surface area contributed by atoms with Crippen molar-refractivity contribution in [3.05, 3.63) is 83.1 Å². The minimum absolute atomic E-state index is 0.0594. The molecule has 0 amide bonds. The third-order valence-electron chi connectivity index (χ3n) is 10.4. The van der Waals surface area contributed by atoms with E-state index in [1.807, 2.05) is 60.9 Å². The Morgan fingerprint density at radius 3 is 2.16 bits per heavy atom. The Morgan fingerprint density at radius 2 is 1.54 bits per heavy atom. The smallest absolute Gasteiger partial charge is 0.303 e. The van der Waals surface area contributed by atoms with E-state index in [4.69, 9.17) is 28.1 Å². The number of methoxy groups -OCH3 is 1. The first-order chi connectivity index (χ1) is 29.2. The lowest BCUT2D eigenvalue weighted by molar-refractivity contribution is -0.137. The van der Waals surface area contributed by atoms with Crippen molar-refractivity contribution in [2.75, 3.05) is 96.9 Å². The van der Waals surface area contributed by atoms with E-state index in [1.165, 1.54) is 12.1 Å². The van der Waals surface area contributed by atoms with Crippen molar-refractivity contribution < 1.29 is 63.9 Å². The average Bonchev–Trinajstić information content (AvgIpc) is 3.44. The molecule has 0 aromatic heterocycles. The molecule has 61 heavy (non-hydrogen) atoms. The largest absolute Gasteiger partial charge is 0.748 e. The Balaban J connectivity index is 1.57. The number of allylic oxidation sites excluding steroid dienone is 3. The summed E-state index contributed by atoms with van der Waals surface area (Å²) in [6, 6.07) is 12.0. The predicted molar refractivity (Wildman–Crippen MR) is 227 cm³/mol. The number of carbonyl (C=O) groups is 1. The maximum Gasteiger partial charge on any atom is 0.303 e. The molecule has 0 bridgehead atoms. The number of rotatable bonds is 29. The summed E-state index contributed by atoms with van der Waals surface area (Å²) in [6.07, 6.45) is 9.94. The van der Waals surface area contributed by atoms with Gasteiger partial charge >= 0.3 is 5.97 Å². The highest BCUT2D eigenvalue weighted by atomic mass is 32.2. The number of hydrogen-bond acceptors (Lipinski definition) is 14. The van der Waals surface area contributed by atoms with E-state index in [1.54, 1.807) is 19.4 Å². The molecule has 0 spiro atoms. The molecule has 1 N–H and O–H groups in total. The van der Waals surface area contributed by atoms with E-state index in [-0.39, 0.29) is 17.7 Å². The Bertz CT molecular complexity index is 2190. The fourth-order valence-corrected chi connectivity index (χ4v) is 8.18. The quantitative estimate of drug-likeness (QED) is 0.0579. The van der Waals surface area contributed by atoms with Gasteiger partial charge in [0.25, 0.3) is 0 Å². The number of aliphatic carboxylic acids is 1. The van der Waals surface area contributed by atoms with E-state index in [0.29, 0.717) is 116 Å². The van der Waals surface area contributed by atoms with Gasteiger partial charge in [-0.05, 0) is 80.6 Å². The van der Waals surface area contributed by atoms with Crippen molar-refractivity contribution in [2.24, 2.45) is 0 Å². The Morgan fingerprint density at radius 1 is 0.869 bits per heavy atom. The van der Waals surface area contributed by atoms with Crippen LogP contribution in [0.2, 0.25) is 0 Å². The van der Waals surface area contributed by atoms with Gasteiger partial charge in [-0.25, -0.2) is 21.4 Å². The molecule has 16 nitrogen and oxygen atoms in total. The third-order valence-corrected chi connectivity index (χ3v) is 12.0. The number of fused-ring (bicyclic) bond motifs is 2. The van der Waals surface area contributed by atoms with Gasteiger partial charge in [0.2, 0.25) is 5.36 Å². The topological polar surface area (TPSA) is 217 Å². The first kappa shape index (κ1) is 49.7. The van der Waals surface area contributed by atoms with Crippen LogP contribution in [-0.2, 0) is 54.1 Å². The van der Waals surface area contributed by atoms with Crippen LogP contribution in [0.1, 0.15) is 63.5 Å². The Kier molecular flexibility index (Phi) is 20.0. The minimum atomic E-state index is -4.76. The average molecular weight is 892 g/mol. The molecule has 0 radical (unpaired) electrons. The normalized spacial score (nSPS) is 16.9. The first-order valence-corrected chi connectivity index (χ1v) is 23.5. The maximum atomic E-state index is 12.3. The van der Waals surface area contributed by atoms with Crippen molar-refractivity contribution in [1.82, 2.24) is 4.58 Å². The molecule has 0 saturated carbocycles. The zero-order valence-electron chi connectivity index (χ0n) is 35.3. The Hall–Kier alpha value is -3.98. The van der Waals surface area contributed by atoms with E-state index >= 15 is 0 Å². The lowest BCUT2D eigenvalue weighted by Crippen LogP contribution is -2.31. The van der Waals surface area contributed by atoms with E-state index in [2.05, 4.69) is 4.90 Å². The molecular formula is C43H59N2O14S2-. The monoisotopic (exact) mass is 891 g/mol. The third kappa shape index (κ3) is 15.7. The molecule has 4 rings (SSSR count). The zero-order valence-corrected chi connectivity index (χ0v) is 36.9. The summed E-state index contributed by atoms with van der Waals surface area (Å²) in [4.78, 5) is 13.0. The van der Waals surface area contributed by atoms with Gasteiger partial charge in [0, 0.05) is 67.3 Å². The number of unbranched alkanes of at least 4 members (excludes halogenated alkanes) is 2. The van der Waals surface area contributed by atoms with Crippen LogP contribution in [0.15, 0.2) is 75.9 Å². The number of ether oxygens (including phenoxy) is 5. The summed E-state index contributed by atoms with van der Waals surface area (Å²) in [7, 11) is -7.46. The van der Waals surface area contributed by atoms with Crippen LogP contribution < -0.4 is 14.8 Å². The van der Waals surface area contributed by atoms with Gasteiger partial charge in [0.1, 0.15) is 29.0 Å². The molecule has 1 aliphatic carbocycles. The standard InChI is InChI=1S/C43H60N2O14S2/c1-4-44(19-9-31-60(48,49)50)35-13-15-37-34(17-21-59-40(37)32-35)10-8-11-41-43(2,18-22-55-25-26-57-29-30-58-28-27-56-24-23-54-3)38-33-36(61(51,52)53)14-16-39(38)45(41)20-7-5-6-12-42(46)47/h8,10-11,13-17,21,32-33H,4-7,9,12,18-20,22-31H2,1-3H3,(H2-,46,47,48,49,50,51,52,53)/p-1. The molecule has 1 aromatic rings. The van der Waals surface area contributed by atoms with Crippen LogP contribution >= 0.6 is 0 Å². The second-order valence-electron chi connectivity index (χ2n) is 14.7. The van der Waals surface area contributed by atoms with Crippen molar-refractivity contribution in [2.45, 2.75) is 62.7 Å². The lowest BCUT2D eigenvalue weighted by Gasteiger charge is -2.30. The number of benzene rings is 2. The molecule has 338 valence electrons. The van der Waals surface area contributed by atoms with Gasteiger partial charge in [-0.1, -0.05) is 18.6 Å². The minimum Gasteiger partial charge on any atom is -0.748 e. The van der Waals surface area contributed by atoms with Crippen LogP contribution in [0.25, 0.3) is 17.4 Å². The molecular weight excluding hydrogens is 833 g/mol. The summed E-state index contributed by atoms with van der Waals surface area (Å²) < 4.78 is 106. The van der Waals surface area contributed by atoms with Gasteiger partial charge in [0.05, 0.1) is 80.2 Å². The van der Waals surface area contributed by atoms with Crippen LogP contribution in [0.5, 0.6) is 0 Å². The number of anilines is 1. The number of hydrogen-bond donors (Lipinski definition) is 1. The predicted octanol–water partition coefficient (Wildman–Crippen LogP) is 4.44. The second-order valence-corrected chi connectivity index (χ2v) is 17.6. The lowest BCUT2D eigenvalue weighted by atomic mass is 9.78. The Labute approximate surface area is 359 Å². The van der Waals surface area contributed by atoms with Gasteiger partial charge in [0.15, 0.2) is 0 Å². The summed E-state index contributed by atoms with van der Waals surface area (Å²) >= 11 is 0. The molecule has 2 heterocycles. The molecule has 0 fully saturated rings. The molecule has 2 aliphatic heterocycles. The van der Waals surface area contributed by atoms with Crippen molar-refractivity contribution in [1.29, 1.82) is 0 Å². The van der Waals surface area contributed by atoms with Gasteiger partial charge in [-0.2, -0.15) is 0 Å².